The molecule has 120 valence electrons. The third-order valence-corrected chi connectivity index (χ3v) is 5.60. The molecule has 0 spiro atoms. The lowest BCUT2D eigenvalue weighted by Gasteiger charge is -2.29. The topological polar surface area (TPSA) is 66.4 Å². The first-order valence-electron chi connectivity index (χ1n) is 7.10. The summed E-state index contributed by atoms with van der Waals surface area (Å²) >= 11 is 0. The molecular weight excluding hydrogens is 286 g/mol. The summed E-state index contributed by atoms with van der Waals surface area (Å²) < 4.78 is 27.9. The zero-order chi connectivity index (χ0) is 16.6. The van der Waals surface area contributed by atoms with Gasteiger partial charge in [-0.2, -0.15) is 0 Å². The molecule has 0 saturated carbocycles. The average molecular weight is 313 g/mol. The lowest BCUT2D eigenvalue weighted by molar-refractivity contribution is 0.111. The Kier molecular flexibility index (Phi) is 4.93. The van der Waals surface area contributed by atoms with Crippen molar-refractivity contribution in [2.75, 3.05) is 0 Å². The number of benzene rings is 1. The van der Waals surface area contributed by atoms with Crippen LogP contribution in [0.3, 0.4) is 0 Å². The number of aryl methyl sites for hydroxylation is 1. The van der Waals surface area contributed by atoms with Gasteiger partial charge in [-0.25, -0.2) is 13.1 Å². The smallest absolute Gasteiger partial charge is 0.241 e. The third kappa shape index (κ3) is 4.28. The maximum atomic E-state index is 12.6. The second kappa shape index (κ2) is 5.71. The number of sulfonamides is 1. The van der Waals surface area contributed by atoms with Crippen LogP contribution in [0.5, 0.6) is 0 Å². The molecule has 0 aliphatic carbocycles. The Morgan fingerprint density at radius 1 is 1.14 bits per heavy atom. The van der Waals surface area contributed by atoms with Crippen LogP contribution in [0, 0.1) is 6.92 Å². The van der Waals surface area contributed by atoms with E-state index in [1.54, 1.807) is 33.8 Å². The van der Waals surface area contributed by atoms with E-state index in [-0.39, 0.29) is 10.3 Å². The summed E-state index contributed by atoms with van der Waals surface area (Å²) in [7, 11) is -3.69. The highest BCUT2D eigenvalue weighted by Crippen LogP contribution is 2.27. The van der Waals surface area contributed by atoms with Gasteiger partial charge in [-0.15, -0.1) is 0 Å². The molecule has 0 bridgehead atoms. The third-order valence-electron chi connectivity index (χ3n) is 3.79. The Bertz CT molecular complexity index is 611. The van der Waals surface area contributed by atoms with Gasteiger partial charge in [0.15, 0.2) is 0 Å². The molecular formula is C16H27NO3S. The van der Waals surface area contributed by atoms with E-state index in [1.165, 1.54) is 0 Å². The van der Waals surface area contributed by atoms with Crippen molar-refractivity contribution >= 4 is 10.0 Å². The summed E-state index contributed by atoms with van der Waals surface area (Å²) in [6.07, 6.45) is -0.793. The monoisotopic (exact) mass is 313 g/mol. The number of nitrogens with one attached hydrogen (secondary N) is 1. The summed E-state index contributed by atoms with van der Waals surface area (Å²) in [6, 6.07) is 5.49. The molecule has 0 heterocycles. The molecule has 4 nitrogen and oxygen atoms in total. The van der Waals surface area contributed by atoms with E-state index < -0.39 is 21.7 Å². The van der Waals surface area contributed by atoms with Gasteiger partial charge in [0.05, 0.1) is 16.5 Å². The van der Waals surface area contributed by atoms with Crippen molar-refractivity contribution in [2.24, 2.45) is 0 Å². The summed E-state index contributed by atoms with van der Waals surface area (Å²) in [5, 5.41) is 9.72. The van der Waals surface area contributed by atoms with Crippen LogP contribution >= 0.6 is 0 Å². The SMILES string of the molecule is Cc1ccc(C(C)(C)C)cc1S(=O)(=O)NC(C)(C)C(C)O. The van der Waals surface area contributed by atoms with Gasteiger partial charge < -0.3 is 5.11 Å². The van der Waals surface area contributed by atoms with Gasteiger partial charge in [-0.3, -0.25) is 0 Å². The second-order valence-corrected chi connectivity index (χ2v) is 8.88. The van der Waals surface area contributed by atoms with Gasteiger partial charge in [0, 0.05) is 0 Å². The van der Waals surface area contributed by atoms with E-state index in [4.69, 9.17) is 0 Å². The maximum Gasteiger partial charge on any atom is 0.241 e. The van der Waals surface area contributed by atoms with Crippen LogP contribution in [-0.2, 0) is 15.4 Å². The summed E-state index contributed by atoms with van der Waals surface area (Å²) in [5.41, 5.74) is 0.598. The van der Waals surface area contributed by atoms with Crippen LogP contribution in [0.15, 0.2) is 23.1 Å². The van der Waals surface area contributed by atoms with Gasteiger partial charge in [0.25, 0.3) is 0 Å². The normalized spacial score (nSPS) is 15.0. The van der Waals surface area contributed by atoms with E-state index in [2.05, 4.69) is 4.72 Å². The van der Waals surface area contributed by atoms with E-state index in [9.17, 15) is 13.5 Å². The fourth-order valence-electron chi connectivity index (χ4n) is 1.84. The fourth-order valence-corrected chi connectivity index (χ4v) is 3.59. The number of rotatable bonds is 4. The minimum atomic E-state index is -3.69. The largest absolute Gasteiger partial charge is 0.391 e. The molecule has 0 aromatic heterocycles. The minimum Gasteiger partial charge on any atom is -0.391 e. The number of aliphatic hydroxyl groups is 1. The van der Waals surface area contributed by atoms with Crippen LogP contribution in [-0.4, -0.2) is 25.2 Å². The first-order chi connectivity index (χ1) is 9.27. The van der Waals surface area contributed by atoms with Crippen molar-refractivity contribution in [3.05, 3.63) is 29.3 Å². The van der Waals surface area contributed by atoms with Gasteiger partial charge in [-0.1, -0.05) is 32.9 Å². The highest BCUT2D eigenvalue weighted by atomic mass is 32.2. The van der Waals surface area contributed by atoms with Crippen LogP contribution < -0.4 is 4.72 Å². The van der Waals surface area contributed by atoms with Crippen LogP contribution in [0.4, 0.5) is 0 Å². The predicted octanol–water partition coefficient (Wildman–Crippen LogP) is 2.73. The first-order valence-corrected chi connectivity index (χ1v) is 8.59. The lowest BCUT2D eigenvalue weighted by atomic mass is 9.87. The van der Waals surface area contributed by atoms with Crippen molar-refractivity contribution in [1.82, 2.24) is 4.72 Å². The quantitative estimate of drug-likeness (QED) is 0.898. The van der Waals surface area contributed by atoms with E-state index in [0.29, 0.717) is 5.56 Å². The number of hydrogen-bond acceptors (Lipinski definition) is 3. The molecule has 21 heavy (non-hydrogen) atoms. The molecule has 0 saturated heterocycles. The average Bonchev–Trinajstić information content (AvgIpc) is 2.25. The van der Waals surface area contributed by atoms with Gasteiger partial charge in [0.1, 0.15) is 0 Å². The Hall–Kier alpha value is -0.910. The van der Waals surface area contributed by atoms with Gasteiger partial charge in [0.2, 0.25) is 10.0 Å². The molecule has 5 heteroatoms. The fraction of sp³-hybridized carbons (Fsp3) is 0.625. The Labute approximate surface area is 128 Å². The van der Waals surface area contributed by atoms with Crippen molar-refractivity contribution in [3.63, 3.8) is 0 Å². The lowest BCUT2D eigenvalue weighted by Crippen LogP contribution is -2.50. The minimum absolute atomic E-state index is 0.127. The zero-order valence-corrected chi connectivity index (χ0v) is 14.8. The molecule has 1 atom stereocenters. The zero-order valence-electron chi connectivity index (χ0n) is 14.0. The summed E-state index contributed by atoms with van der Waals surface area (Å²) in [6.45, 7) is 12.8. The van der Waals surface area contributed by atoms with E-state index in [0.717, 1.165) is 5.56 Å². The summed E-state index contributed by atoms with van der Waals surface area (Å²) in [4.78, 5) is 0.267. The van der Waals surface area contributed by atoms with Crippen molar-refractivity contribution in [2.45, 2.75) is 70.4 Å². The van der Waals surface area contributed by atoms with Crippen LogP contribution in [0.2, 0.25) is 0 Å². The first kappa shape index (κ1) is 18.1. The number of aliphatic hydroxyl groups excluding tert-OH is 1. The molecule has 1 aromatic rings. The maximum absolute atomic E-state index is 12.6. The Morgan fingerprint density at radius 3 is 2.10 bits per heavy atom. The standard InChI is InChI=1S/C16H27NO3S/c1-11-8-9-13(15(3,4)5)10-14(11)21(19,20)17-16(6,7)12(2)18/h8-10,12,17-18H,1-7H3. The van der Waals surface area contributed by atoms with E-state index >= 15 is 0 Å². The molecule has 0 radical (unpaired) electrons. The molecule has 2 N–H and O–H groups in total. The molecule has 0 aliphatic heterocycles. The van der Waals surface area contributed by atoms with Gasteiger partial charge >= 0.3 is 0 Å². The molecule has 0 fully saturated rings. The highest BCUT2D eigenvalue weighted by molar-refractivity contribution is 7.89. The predicted molar refractivity (Wildman–Crippen MR) is 86.0 cm³/mol. The molecule has 0 aliphatic rings. The highest BCUT2D eigenvalue weighted by Gasteiger charge is 2.31. The molecule has 0 amide bonds. The van der Waals surface area contributed by atoms with Crippen molar-refractivity contribution in [1.29, 1.82) is 0 Å². The molecule has 1 unspecified atom stereocenters. The van der Waals surface area contributed by atoms with Gasteiger partial charge in [-0.05, 0) is 50.3 Å². The Morgan fingerprint density at radius 2 is 1.67 bits per heavy atom. The Balaban J connectivity index is 3.32. The molecule has 1 aromatic carbocycles. The van der Waals surface area contributed by atoms with Crippen LogP contribution in [0.1, 0.15) is 52.7 Å². The van der Waals surface area contributed by atoms with Crippen molar-refractivity contribution < 1.29 is 13.5 Å². The van der Waals surface area contributed by atoms with E-state index in [1.807, 2.05) is 32.9 Å². The molecule has 1 rings (SSSR count). The second-order valence-electron chi connectivity index (χ2n) is 7.23. The van der Waals surface area contributed by atoms with Crippen molar-refractivity contribution in [3.8, 4) is 0 Å². The van der Waals surface area contributed by atoms with Crippen LogP contribution in [0.25, 0.3) is 0 Å². The summed E-state index contributed by atoms with van der Waals surface area (Å²) in [5.74, 6) is 0. The number of hydrogen-bond donors (Lipinski definition) is 2.